The predicted octanol–water partition coefficient (Wildman–Crippen LogP) is -0.396. The van der Waals surface area contributed by atoms with Crippen LogP contribution >= 0.6 is 0 Å². The third kappa shape index (κ3) is 4.46. The second-order valence-corrected chi connectivity index (χ2v) is 5.84. The Balaban J connectivity index is 2.61. The molecule has 0 bridgehead atoms. The lowest BCUT2D eigenvalue weighted by Crippen LogP contribution is -2.43. The molecular formula is C9H18N2O4S. The first-order valence-corrected chi connectivity index (χ1v) is 7.09. The normalized spacial score (nSPS) is 23.9. The first-order chi connectivity index (χ1) is 7.40. The second-order valence-electron chi connectivity index (χ2n) is 4.11. The zero-order valence-corrected chi connectivity index (χ0v) is 9.95. The van der Waals surface area contributed by atoms with E-state index < -0.39 is 22.0 Å². The fourth-order valence-electron chi connectivity index (χ4n) is 1.96. The van der Waals surface area contributed by atoms with E-state index in [0.29, 0.717) is 13.0 Å². The summed E-state index contributed by atoms with van der Waals surface area (Å²) in [5.41, 5.74) is 0. The molecule has 1 atom stereocenters. The van der Waals surface area contributed by atoms with Gasteiger partial charge < -0.3 is 5.11 Å². The third-order valence-corrected chi connectivity index (χ3v) is 3.56. The molecule has 0 aromatic rings. The Bertz CT molecular complexity index is 341. The molecule has 1 unspecified atom stereocenters. The quantitative estimate of drug-likeness (QED) is 0.707. The summed E-state index contributed by atoms with van der Waals surface area (Å²) in [5, 5.41) is 14.0. The number of primary sulfonamides is 1. The number of carboxylic acids is 1. The van der Waals surface area contributed by atoms with E-state index in [1.54, 1.807) is 4.90 Å². The van der Waals surface area contributed by atoms with Crippen molar-refractivity contribution < 1.29 is 18.3 Å². The molecule has 0 amide bonds. The van der Waals surface area contributed by atoms with Crippen LogP contribution in [0.1, 0.15) is 25.7 Å². The van der Waals surface area contributed by atoms with Crippen molar-refractivity contribution in [1.29, 1.82) is 0 Å². The number of carboxylic acid groups (broad SMARTS) is 1. The molecule has 16 heavy (non-hydrogen) atoms. The lowest BCUT2D eigenvalue weighted by molar-refractivity contribution is -0.143. The fraction of sp³-hybridized carbons (Fsp3) is 0.889. The van der Waals surface area contributed by atoms with Crippen LogP contribution < -0.4 is 5.14 Å². The van der Waals surface area contributed by atoms with Crippen LogP contribution in [0.5, 0.6) is 0 Å². The molecule has 3 N–H and O–H groups in total. The van der Waals surface area contributed by atoms with Crippen LogP contribution in [0.15, 0.2) is 0 Å². The van der Waals surface area contributed by atoms with Gasteiger partial charge in [0.15, 0.2) is 0 Å². The van der Waals surface area contributed by atoms with E-state index >= 15 is 0 Å². The second kappa shape index (κ2) is 5.60. The summed E-state index contributed by atoms with van der Waals surface area (Å²) in [4.78, 5) is 12.7. The van der Waals surface area contributed by atoms with Crippen molar-refractivity contribution in [3.63, 3.8) is 0 Å². The largest absolute Gasteiger partial charge is 0.480 e. The monoisotopic (exact) mass is 250 g/mol. The van der Waals surface area contributed by atoms with Crippen LogP contribution in [0.25, 0.3) is 0 Å². The number of nitrogens with zero attached hydrogens (tertiary/aromatic N) is 1. The highest BCUT2D eigenvalue weighted by molar-refractivity contribution is 7.89. The van der Waals surface area contributed by atoms with Crippen LogP contribution in [0.2, 0.25) is 0 Å². The minimum atomic E-state index is -3.52. The number of nitrogens with two attached hydrogens (primary N) is 1. The standard InChI is InChI=1S/C9H18N2O4S/c10-16(14,15)7-6-11-5-3-1-2-4-8(11)9(12)13/h8H,1-7H2,(H,12,13)(H2,10,14,15). The molecule has 1 saturated heterocycles. The Hall–Kier alpha value is -0.660. The number of hydrogen-bond acceptors (Lipinski definition) is 4. The van der Waals surface area contributed by atoms with E-state index in [2.05, 4.69) is 0 Å². The van der Waals surface area contributed by atoms with Gasteiger partial charge in [-0.3, -0.25) is 9.69 Å². The van der Waals surface area contributed by atoms with Crippen molar-refractivity contribution in [1.82, 2.24) is 4.90 Å². The summed E-state index contributed by atoms with van der Waals surface area (Å²) in [5.74, 6) is -1.06. The van der Waals surface area contributed by atoms with Gasteiger partial charge in [-0.1, -0.05) is 12.8 Å². The Morgan fingerprint density at radius 3 is 2.62 bits per heavy atom. The Kier molecular flexibility index (Phi) is 4.69. The number of rotatable bonds is 4. The zero-order chi connectivity index (χ0) is 12.2. The molecule has 0 aromatic carbocycles. The zero-order valence-electron chi connectivity index (χ0n) is 9.13. The predicted molar refractivity (Wildman–Crippen MR) is 59.4 cm³/mol. The van der Waals surface area contributed by atoms with Crippen molar-refractivity contribution in [3.05, 3.63) is 0 Å². The molecule has 1 fully saturated rings. The smallest absolute Gasteiger partial charge is 0.320 e. The van der Waals surface area contributed by atoms with Crippen molar-refractivity contribution in [2.75, 3.05) is 18.8 Å². The van der Waals surface area contributed by atoms with Crippen LogP contribution in [-0.2, 0) is 14.8 Å². The Morgan fingerprint density at radius 2 is 2.06 bits per heavy atom. The van der Waals surface area contributed by atoms with E-state index in [-0.39, 0.29) is 12.3 Å². The van der Waals surface area contributed by atoms with Crippen LogP contribution in [0, 0.1) is 0 Å². The molecule has 6 nitrogen and oxygen atoms in total. The van der Waals surface area contributed by atoms with Crippen molar-refractivity contribution >= 4 is 16.0 Å². The minimum absolute atomic E-state index is 0.184. The van der Waals surface area contributed by atoms with Gasteiger partial charge in [-0.05, 0) is 19.4 Å². The van der Waals surface area contributed by atoms with Gasteiger partial charge >= 0.3 is 5.97 Å². The highest BCUT2D eigenvalue weighted by Gasteiger charge is 2.27. The highest BCUT2D eigenvalue weighted by atomic mass is 32.2. The average Bonchev–Trinajstić information content (AvgIpc) is 2.38. The van der Waals surface area contributed by atoms with E-state index in [0.717, 1.165) is 19.3 Å². The summed E-state index contributed by atoms with van der Waals surface area (Å²) < 4.78 is 21.7. The van der Waals surface area contributed by atoms with Gasteiger partial charge in [-0.2, -0.15) is 0 Å². The summed E-state index contributed by atoms with van der Waals surface area (Å²) >= 11 is 0. The maximum absolute atomic E-state index is 11.0. The highest BCUT2D eigenvalue weighted by Crippen LogP contribution is 2.16. The number of hydrogen-bond donors (Lipinski definition) is 2. The molecule has 1 aliphatic rings. The molecule has 0 spiro atoms. The van der Waals surface area contributed by atoms with Gasteiger partial charge in [0.25, 0.3) is 0 Å². The van der Waals surface area contributed by atoms with Gasteiger partial charge in [0.05, 0.1) is 5.75 Å². The van der Waals surface area contributed by atoms with Crippen molar-refractivity contribution in [3.8, 4) is 0 Å². The molecule has 1 heterocycles. The topological polar surface area (TPSA) is 101 Å². The maximum atomic E-state index is 11.0. The lowest BCUT2D eigenvalue weighted by Gasteiger charge is -2.25. The summed E-state index contributed by atoms with van der Waals surface area (Å²) in [6.07, 6.45) is 3.37. The molecule has 0 saturated carbocycles. The van der Waals surface area contributed by atoms with Crippen LogP contribution in [0.3, 0.4) is 0 Å². The molecule has 1 aliphatic heterocycles. The summed E-state index contributed by atoms with van der Waals surface area (Å²) in [6.45, 7) is 0.836. The molecule has 7 heteroatoms. The maximum Gasteiger partial charge on any atom is 0.320 e. The fourth-order valence-corrected chi connectivity index (χ4v) is 2.45. The Morgan fingerprint density at radius 1 is 1.38 bits per heavy atom. The molecule has 0 radical (unpaired) electrons. The number of likely N-dealkylation sites (tertiary alicyclic amines) is 1. The number of aliphatic carboxylic acids is 1. The molecule has 94 valence electrons. The van der Waals surface area contributed by atoms with Gasteiger partial charge in [-0.15, -0.1) is 0 Å². The molecular weight excluding hydrogens is 232 g/mol. The third-order valence-electron chi connectivity index (χ3n) is 2.81. The van der Waals surface area contributed by atoms with Gasteiger partial charge in [0.2, 0.25) is 10.0 Å². The molecule has 0 aromatic heterocycles. The number of carbonyl (C=O) groups is 1. The van der Waals surface area contributed by atoms with E-state index in [9.17, 15) is 13.2 Å². The van der Waals surface area contributed by atoms with Crippen molar-refractivity contribution in [2.45, 2.75) is 31.7 Å². The number of sulfonamides is 1. The van der Waals surface area contributed by atoms with Gasteiger partial charge in [0, 0.05) is 6.54 Å². The summed E-state index contributed by atoms with van der Waals surface area (Å²) in [7, 11) is -3.52. The SMILES string of the molecule is NS(=O)(=O)CCN1CCCCCC1C(=O)O. The lowest BCUT2D eigenvalue weighted by atomic mass is 10.1. The molecule has 1 rings (SSSR count). The van der Waals surface area contributed by atoms with Gasteiger partial charge in [0.1, 0.15) is 6.04 Å². The van der Waals surface area contributed by atoms with Crippen molar-refractivity contribution in [2.24, 2.45) is 5.14 Å². The average molecular weight is 250 g/mol. The van der Waals surface area contributed by atoms with Crippen LogP contribution in [0.4, 0.5) is 0 Å². The molecule has 0 aliphatic carbocycles. The Labute approximate surface area is 95.5 Å². The van der Waals surface area contributed by atoms with Gasteiger partial charge in [-0.25, -0.2) is 13.6 Å². The minimum Gasteiger partial charge on any atom is -0.480 e. The van der Waals surface area contributed by atoms with Crippen LogP contribution in [-0.4, -0.2) is 49.3 Å². The first kappa shape index (κ1) is 13.4. The van der Waals surface area contributed by atoms with E-state index in [4.69, 9.17) is 10.2 Å². The van der Waals surface area contributed by atoms with E-state index in [1.807, 2.05) is 0 Å². The first-order valence-electron chi connectivity index (χ1n) is 5.37. The summed E-state index contributed by atoms with van der Waals surface area (Å²) in [6, 6.07) is -0.566. The van der Waals surface area contributed by atoms with E-state index in [1.165, 1.54) is 0 Å².